The first-order valence-electron chi connectivity index (χ1n) is 5.81. The Balaban J connectivity index is 2.20. The number of nitrogens with zero attached hydrogens (tertiary/aromatic N) is 1. The number of aromatic hydroxyl groups is 2. The third-order valence-corrected chi connectivity index (χ3v) is 4.51. The van der Waals surface area contributed by atoms with Crippen molar-refractivity contribution in [3.8, 4) is 11.5 Å². The molecule has 0 radical (unpaired) electrons. The van der Waals surface area contributed by atoms with Crippen molar-refractivity contribution < 1.29 is 18.6 Å². The summed E-state index contributed by atoms with van der Waals surface area (Å²) in [6.45, 7) is 0. The number of hydrogen-bond acceptors (Lipinski definition) is 5. The molecule has 0 unspecified atom stereocenters. The summed E-state index contributed by atoms with van der Waals surface area (Å²) in [4.78, 5) is 1.78. The second-order valence-electron chi connectivity index (χ2n) is 4.18. The van der Waals surface area contributed by atoms with Gasteiger partial charge in [-0.25, -0.2) is 4.83 Å². The molecule has 3 N–H and O–H groups in total. The summed E-state index contributed by atoms with van der Waals surface area (Å²) in [5.74, 6) is -0.631. The van der Waals surface area contributed by atoms with Crippen LogP contribution in [0.15, 0.2) is 46.4 Å². The van der Waals surface area contributed by atoms with E-state index in [2.05, 4.69) is 5.10 Å². The molecule has 2 aromatic carbocycles. The maximum atomic E-state index is 12.1. The fourth-order valence-electron chi connectivity index (χ4n) is 1.52. The molecule has 0 bridgehead atoms. The molecule has 0 spiro atoms. The van der Waals surface area contributed by atoms with E-state index in [0.29, 0.717) is 5.56 Å². The van der Waals surface area contributed by atoms with Crippen LogP contribution in [0.5, 0.6) is 11.5 Å². The van der Waals surface area contributed by atoms with Gasteiger partial charge in [-0.1, -0.05) is 23.2 Å². The standard InChI is InChI=1S/C13H10Cl2N2O4S/c14-9-2-3-10(15)13(6-9)22(20,21)17-16-7-8-1-4-11(18)12(19)5-8/h1-7,17-19H. The number of sulfonamides is 1. The Labute approximate surface area is 136 Å². The summed E-state index contributed by atoms with van der Waals surface area (Å²) in [5, 5.41) is 22.3. The molecule has 0 aliphatic carbocycles. The van der Waals surface area contributed by atoms with Gasteiger partial charge < -0.3 is 10.2 Å². The molecular weight excluding hydrogens is 351 g/mol. The molecule has 6 nitrogen and oxygen atoms in total. The van der Waals surface area contributed by atoms with Gasteiger partial charge in [0.25, 0.3) is 10.0 Å². The van der Waals surface area contributed by atoms with Crippen molar-refractivity contribution in [2.24, 2.45) is 5.10 Å². The summed E-state index contributed by atoms with van der Waals surface area (Å²) in [5.41, 5.74) is 0.384. The van der Waals surface area contributed by atoms with Crippen molar-refractivity contribution in [1.29, 1.82) is 0 Å². The van der Waals surface area contributed by atoms with Crippen LogP contribution in [-0.2, 0) is 10.0 Å². The smallest absolute Gasteiger partial charge is 0.278 e. The molecular formula is C13H10Cl2N2O4S. The first kappa shape index (κ1) is 16.4. The Morgan fingerprint density at radius 1 is 1.05 bits per heavy atom. The van der Waals surface area contributed by atoms with Gasteiger partial charge in [-0.2, -0.15) is 13.5 Å². The van der Waals surface area contributed by atoms with Crippen LogP contribution in [0.3, 0.4) is 0 Å². The summed E-state index contributed by atoms with van der Waals surface area (Å²) < 4.78 is 24.1. The zero-order valence-electron chi connectivity index (χ0n) is 10.9. The van der Waals surface area contributed by atoms with Crippen LogP contribution in [-0.4, -0.2) is 24.8 Å². The van der Waals surface area contributed by atoms with Crippen molar-refractivity contribution in [3.05, 3.63) is 52.0 Å². The third-order valence-electron chi connectivity index (χ3n) is 2.57. The zero-order valence-corrected chi connectivity index (χ0v) is 13.2. The van der Waals surface area contributed by atoms with Crippen LogP contribution in [0.1, 0.15) is 5.56 Å². The van der Waals surface area contributed by atoms with Gasteiger partial charge in [0.05, 0.1) is 11.2 Å². The van der Waals surface area contributed by atoms with E-state index in [9.17, 15) is 18.6 Å². The minimum absolute atomic E-state index is 0.00868. The number of benzene rings is 2. The predicted octanol–water partition coefficient (Wildman–Crippen LogP) is 2.72. The number of hydrogen-bond donors (Lipinski definition) is 3. The van der Waals surface area contributed by atoms with Crippen molar-refractivity contribution in [2.45, 2.75) is 4.90 Å². The number of halogens is 2. The van der Waals surface area contributed by atoms with Crippen LogP contribution < -0.4 is 4.83 Å². The molecule has 116 valence electrons. The quantitative estimate of drug-likeness (QED) is 0.443. The second-order valence-corrected chi connectivity index (χ2v) is 6.65. The highest BCUT2D eigenvalue weighted by Crippen LogP contribution is 2.25. The van der Waals surface area contributed by atoms with Crippen LogP contribution >= 0.6 is 23.2 Å². The average Bonchev–Trinajstić information content (AvgIpc) is 2.45. The zero-order chi connectivity index (χ0) is 16.3. The van der Waals surface area contributed by atoms with E-state index < -0.39 is 10.0 Å². The maximum absolute atomic E-state index is 12.1. The largest absolute Gasteiger partial charge is 0.504 e. The molecule has 0 fully saturated rings. The van der Waals surface area contributed by atoms with Crippen LogP contribution in [0.25, 0.3) is 0 Å². The molecule has 0 amide bonds. The second kappa shape index (κ2) is 6.43. The molecule has 2 aromatic rings. The van der Waals surface area contributed by atoms with Gasteiger partial charge in [-0.3, -0.25) is 0 Å². The highest BCUT2D eigenvalue weighted by molar-refractivity contribution is 7.89. The maximum Gasteiger partial charge on any atom is 0.278 e. The molecule has 0 atom stereocenters. The molecule has 0 aliphatic rings. The minimum Gasteiger partial charge on any atom is -0.504 e. The molecule has 2 rings (SSSR count). The fraction of sp³-hybridized carbons (Fsp3) is 0. The minimum atomic E-state index is -3.98. The molecule has 0 aliphatic heterocycles. The molecule has 0 saturated carbocycles. The Bertz CT molecular complexity index is 838. The van der Waals surface area contributed by atoms with Gasteiger partial charge in [-0.05, 0) is 42.0 Å². The van der Waals surface area contributed by atoms with Crippen molar-refractivity contribution in [3.63, 3.8) is 0 Å². The molecule has 0 heterocycles. The van der Waals surface area contributed by atoms with E-state index in [1.165, 1.54) is 36.4 Å². The fourth-order valence-corrected chi connectivity index (χ4v) is 3.08. The van der Waals surface area contributed by atoms with Gasteiger partial charge >= 0.3 is 0 Å². The highest BCUT2D eigenvalue weighted by atomic mass is 35.5. The highest BCUT2D eigenvalue weighted by Gasteiger charge is 2.17. The molecule has 22 heavy (non-hydrogen) atoms. The first-order valence-corrected chi connectivity index (χ1v) is 8.05. The Morgan fingerprint density at radius 2 is 1.77 bits per heavy atom. The van der Waals surface area contributed by atoms with Gasteiger partial charge in [0.1, 0.15) is 4.90 Å². The summed E-state index contributed by atoms with van der Waals surface area (Å²) in [7, 11) is -3.98. The first-order chi connectivity index (χ1) is 10.3. The molecule has 9 heteroatoms. The van der Waals surface area contributed by atoms with Crippen molar-refractivity contribution in [1.82, 2.24) is 4.83 Å². The third kappa shape index (κ3) is 3.82. The Hall–Kier alpha value is -1.96. The van der Waals surface area contributed by atoms with Crippen molar-refractivity contribution in [2.75, 3.05) is 0 Å². The summed E-state index contributed by atoms with van der Waals surface area (Å²) in [6.07, 6.45) is 1.16. The monoisotopic (exact) mass is 360 g/mol. The predicted molar refractivity (Wildman–Crippen MR) is 84.1 cm³/mol. The number of nitrogens with one attached hydrogen (secondary N) is 1. The van der Waals surface area contributed by atoms with Crippen LogP contribution in [0.2, 0.25) is 10.0 Å². The number of hydrazone groups is 1. The summed E-state index contributed by atoms with van der Waals surface area (Å²) >= 11 is 11.6. The topological polar surface area (TPSA) is 99.0 Å². The van der Waals surface area contributed by atoms with E-state index >= 15 is 0 Å². The van der Waals surface area contributed by atoms with E-state index in [1.807, 2.05) is 4.83 Å². The summed E-state index contributed by atoms with van der Waals surface area (Å²) in [6, 6.07) is 7.94. The van der Waals surface area contributed by atoms with Crippen LogP contribution in [0, 0.1) is 0 Å². The Kier molecular flexibility index (Phi) is 4.80. The van der Waals surface area contributed by atoms with Gasteiger partial charge in [0.2, 0.25) is 0 Å². The Morgan fingerprint density at radius 3 is 2.45 bits per heavy atom. The van der Waals surface area contributed by atoms with Crippen LogP contribution in [0.4, 0.5) is 0 Å². The lowest BCUT2D eigenvalue weighted by molar-refractivity contribution is 0.403. The van der Waals surface area contributed by atoms with Gasteiger partial charge in [-0.15, -0.1) is 0 Å². The lowest BCUT2D eigenvalue weighted by Crippen LogP contribution is -2.18. The SMILES string of the molecule is O=S(=O)(NN=Cc1ccc(O)c(O)c1)c1cc(Cl)ccc1Cl. The van der Waals surface area contributed by atoms with E-state index in [1.54, 1.807) is 0 Å². The number of rotatable bonds is 4. The number of phenols is 2. The van der Waals surface area contributed by atoms with Gasteiger partial charge in [0, 0.05) is 5.02 Å². The molecule has 0 saturated heterocycles. The van der Waals surface area contributed by atoms with E-state index in [0.717, 1.165) is 6.21 Å². The normalized spacial score (nSPS) is 11.7. The average molecular weight is 361 g/mol. The van der Waals surface area contributed by atoms with Gasteiger partial charge in [0.15, 0.2) is 11.5 Å². The lowest BCUT2D eigenvalue weighted by Gasteiger charge is -2.06. The molecule has 0 aromatic heterocycles. The lowest BCUT2D eigenvalue weighted by atomic mass is 10.2. The van der Waals surface area contributed by atoms with E-state index in [-0.39, 0.29) is 26.4 Å². The van der Waals surface area contributed by atoms with Crippen molar-refractivity contribution >= 4 is 39.4 Å². The number of phenolic OH excluding ortho intramolecular Hbond substituents is 2. The van der Waals surface area contributed by atoms with E-state index in [4.69, 9.17) is 23.2 Å².